The van der Waals surface area contributed by atoms with Crippen molar-refractivity contribution in [3.05, 3.63) is 0 Å². The third-order valence-electron chi connectivity index (χ3n) is 2.51. The predicted octanol–water partition coefficient (Wildman–Crippen LogP) is 2.68. The molecule has 0 spiro atoms. The van der Waals surface area contributed by atoms with Crippen LogP contribution < -0.4 is 0 Å². The molecule has 1 unspecified atom stereocenters. The Morgan fingerprint density at radius 3 is 2.77 bits per heavy atom. The zero-order valence-corrected chi connectivity index (χ0v) is 7.43. The van der Waals surface area contributed by atoms with Gasteiger partial charge in [0.05, 0.1) is 0 Å². The third kappa shape index (κ3) is 3.70. The van der Waals surface area contributed by atoms with Crippen LogP contribution in [0.2, 0.25) is 0 Å². The summed E-state index contributed by atoms with van der Waals surface area (Å²) in [5.41, 5.74) is 0. The van der Waals surface area contributed by atoms with E-state index in [-0.39, 0.29) is 25.2 Å². The fourth-order valence-corrected chi connectivity index (χ4v) is 1.85. The summed E-state index contributed by atoms with van der Waals surface area (Å²) in [5, 5.41) is 8.39. The minimum atomic E-state index is -2.55. The van der Waals surface area contributed by atoms with Gasteiger partial charge in [-0.3, -0.25) is 4.79 Å². The summed E-state index contributed by atoms with van der Waals surface area (Å²) >= 11 is 0. The van der Waals surface area contributed by atoms with E-state index < -0.39 is 11.9 Å². The summed E-state index contributed by atoms with van der Waals surface area (Å²) in [7, 11) is 0. The predicted molar refractivity (Wildman–Crippen MR) is 43.8 cm³/mol. The molecule has 0 saturated heterocycles. The minimum Gasteiger partial charge on any atom is -0.481 e. The third-order valence-corrected chi connectivity index (χ3v) is 2.51. The van der Waals surface area contributed by atoms with Crippen LogP contribution >= 0.6 is 0 Å². The largest absolute Gasteiger partial charge is 0.481 e. The van der Waals surface area contributed by atoms with Gasteiger partial charge >= 0.3 is 5.97 Å². The number of rotatable bonds is 3. The normalized spacial score (nSPS) is 27.1. The van der Waals surface area contributed by atoms with E-state index in [0.717, 1.165) is 6.42 Å². The second-order valence-electron chi connectivity index (χ2n) is 3.75. The van der Waals surface area contributed by atoms with Gasteiger partial charge in [0, 0.05) is 19.3 Å². The fraction of sp³-hybridized carbons (Fsp3) is 0.889. The number of hydrogen-bond acceptors (Lipinski definition) is 1. The molecule has 0 heterocycles. The maximum atomic E-state index is 12.8. The summed E-state index contributed by atoms with van der Waals surface area (Å²) in [4.78, 5) is 10.2. The molecular formula is C9H14F2O2. The van der Waals surface area contributed by atoms with E-state index in [0.29, 0.717) is 12.8 Å². The lowest BCUT2D eigenvalue weighted by molar-refractivity contribution is -0.137. The lowest BCUT2D eigenvalue weighted by Gasteiger charge is -2.28. The van der Waals surface area contributed by atoms with Crippen molar-refractivity contribution in [2.45, 2.75) is 44.4 Å². The Hall–Kier alpha value is -0.670. The van der Waals surface area contributed by atoms with Crippen molar-refractivity contribution in [1.29, 1.82) is 0 Å². The molecule has 76 valence electrons. The van der Waals surface area contributed by atoms with Crippen LogP contribution in [0.4, 0.5) is 8.78 Å². The minimum absolute atomic E-state index is 0.0146. The molecule has 13 heavy (non-hydrogen) atoms. The van der Waals surface area contributed by atoms with E-state index in [9.17, 15) is 13.6 Å². The second-order valence-corrected chi connectivity index (χ2v) is 3.75. The van der Waals surface area contributed by atoms with Crippen molar-refractivity contribution in [3.8, 4) is 0 Å². The van der Waals surface area contributed by atoms with Crippen LogP contribution in [0.5, 0.6) is 0 Å². The summed E-state index contributed by atoms with van der Waals surface area (Å²) in [6.45, 7) is 0. The average molecular weight is 192 g/mol. The molecule has 0 amide bonds. The van der Waals surface area contributed by atoms with Crippen LogP contribution in [0.15, 0.2) is 0 Å². The highest BCUT2D eigenvalue weighted by molar-refractivity contribution is 5.66. The Morgan fingerprint density at radius 1 is 1.54 bits per heavy atom. The maximum absolute atomic E-state index is 12.8. The Bertz CT molecular complexity index is 192. The molecule has 1 atom stereocenters. The number of aliphatic carboxylic acids is 1. The number of carboxylic acid groups (broad SMARTS) is 1. The van der Waals surface area contributed by atoms with Crippen molar-refractivity contribution in [2.75, 3.05) is 0 Å². The van der Waals surface area contributed by atoms with E-state index in [1.807, 2.05) is 0 Å². The first-order chi connectivity index (χ1) is 5.99. The SMILES string of the molecule is O=C(O)CCC1CCCC(F)(F)C1. The van der Waals surface area contributed by atoms with E-state index in [2.05, 4.69) is 0 Å². The van der Waals surface area contributed by atoms with Gasteiger partial charge in [0.15, 0.2) is 0 Å². The Labute approximate surface area is 75.9 Å². The van der Waals surface area contributed by atoms with Crippen molar-refractivity contribution >= 4 is 5.97 Å². The van der Waals surface area contributed by atoms with Gasteiger partial charge in [-0.2, -0.15) is 0 Å². The van der Waals surface area contributed by atoms with E-state index in [1.165, 1.54) is 0 Å². The monoisotopic (exact) mass is 192 g/mol. The fourth-order valence-electron chi connectivity index (χ4n) is 1.85. The molecule has 1 fully saturated rings. The van der Waals surface area contributed by atoms with E-state index in [1.54, 1.807) is 0 Å². The highest BCUT2D eigenvalue weighted by atomic mass is 19.3. The van der Waals surface area contributed by atoms with Gasteiger partial charge < -0.3 is 5.11 Å². The molecule has 1 aliphatic rings. The number of halogens is 2. The summed E-state index contributed by atoms with van der Waals surface area (Å²) in [6, 6.07) is 0. The Morgan fingerprint density at radius 2 is 2.23 bits per heavy atom. The molecule has 0 radical (unpaired) electrons. The van der Waals surface area contributed by atoms with Gasteiger partial charge in [0.2, 0.25) is 5.92 Å². The first kappa shape index (κ1) is 10.4. The number of alkyl halides is 2. The van der Waals surface area contributed by atoms with E-state index in [4.69, 9.17) is 5.11 Å². The summed E-state index contributed by atoms with van der Waals surface area (Å²) in [6.07, 6.45) is 1.53. The molecule has 2 nitrogen and oxygen atoms in total. The Kier molecular flexibility index (Phi) is 3.22. The molecule has 1 aliphatic carbocycles. The maximum Gasteiger partial charge on any atom is 0.303 e. The Balaban J connectivity index is 2.30. The number of carboxylic acids is 1. The van der Waals surface area contributed by atoms with E-state index >= 15 is 0 Å². The number of carbonyl (C=O) groups is 1. The molecular weight excluding hydrogens is 178 g/mol. The lowest BCUT2D eigenvalue weighted by atomic mass is 9.84. The van der Waals surface area contributed by atoms with Crippen molar-refractivity contribution in [3.63, 3.8) is 0 Å². The molecule has 1 N–H and O–H groups in total. The smallest absolute Gasteiger partial charge is 0.303 e. The van der Waals surface area contributed by atoms with Crippen LogP contribution in [0, 0.1) is 5.92 Å². The second kappa shape index (κ2) is 4.03. The summed E-state index contributed by atoms with van der Waals surface area (Å²) in [5.74, 6) is -3.55. The van der Waals surface area contributed by atoms with Gasteiger partial charge in [-0.15, -0.1) is 0 Å². The van der Waals surface area contributed by atoms with Gasteiger partial charge in [-0.05, 0) is 25.2 Å². The van der Waals surface area contributed by atoms with Gasteiger partial charge in [0.25, 0.3) is 0 Å². The molecule has 0 aromatic heterocycles. The van der Waals surface area contributed by atoms with Crippen molar-refractivity contribution in [1.82, 2.24) is 0 Å². The molecule has 0 aliphatic heterocycles. The van der Waals surface area contributed by atoms with Crippen LogP contribution in [-0.4, -0.2) is 17.0 Å². The molecule has 0 aromatic carbocycles. The van der Waals surface area contributed by atoms with Gasteiger partial charge in [0.1, 0.15) is 0 Å². The average Bonchev–Trinajstić information content (AvgIpc) is 1.99. The van der Waals surface area contributed by atoms with Gasteiger partial charge in [-0.1, -0.05) is 0 Å². The molecule has 1 saturated carbocycles. The zero-order chi connectivity index (χ0) is 9.90. The zero-order valence-electron chi connectivity index (χ0n) is 7.43. The summed E-state index contributed by atoms with van der Waals surface area (Å²) < 4.78 is 25.7. The number of hydrogen-bond donors (Lipinski definition) is 1. The van der Waals surface area contributed by atoms with Crippen molar-refractivity contribution < 1.29 is 18.7 Å². The highest BCUT2D eigenvalue weighted by Crippen LogP contribution is 2.38. The van der Waals surface area contributed by atoms with Crippen LogP contribution in [0.25, 0.3) is 0 Å². The molecule has 1 rings (SSSR count). The van der Waals surface area contributed by atoms with Crippen LogP contribution in [0.1, 0.15) is 38.5 Å². The van der Waals surface area contributed by atoms with Crippen molar-refractivity contribution in [2.24, 2.45) is 5.92 Å². The van der Waals surface area contributed by atoms with Crippen LogP contribution in [-0.2, 0) is 4.79 Å². The first-order valence-corrected chi connectivity index (χ1v) is 4.59. The highest BCUT2D eigenvalue weighted by Gasteiger charge is 2.35. The molecule has 0 aromatic rings. The first-order valence-electron chi connectivity index (χ1n) is 4.59. The lowest BCUT2D eigenvalue weighted by Crippen LogP contribution is -2.26. The standard InChI is InChI=1S/C9H14F2O2/c10-9(11)5-1-2-7(6-9)3-4-8(12)13/h7H,1-6H2,(H,12,13). The molecule has 4 heteroatoms. The molecule has 0 bridgehead atoms. The van der Waals surface area contributed by atoms with Crippen LogP contribution in [0.3, 0.4) is 0 Å². The van der Waals surface area contributed by atoms with Gasteiger partial charge in [-0.25, -0.2) is 8.78 Å². The topological polar surface area (TPSA) is 37.3 Å². The quantitative estimate of drug-likeness (QED) is 0.746.